The molecule has 0 spiro atoms. The summed E-state index contributed by atoms with van der Waals surface area (Å²) in [6.07, 6.45) is 7.66. The monoisotopic (exact) mass is 322 g/mol. The molecule has 2 aromatic rings. The first-order valence-corrected chi connectivity index (χ1v) is 11.1. The lowest BCUT2D eigenvalue weighted by Crippen LogP contribution is -2.45. The van der Waals surface area contributed by atoms with Crippen molar-refractivity contribution in [2.24, 2.45) is 0 Å². The predicted molar refractivity (Wildman–Crippen MR) is 104 cm³/mol. The Morgan fingerprint density at radius 2 is 1.70 bits per heavy atom. The first-order valence-electron chi connectivity index (χ1n) is 8.06. The molecule has 1 unspecified atom stereocenters. The lowest BCUT2D eigenvalue weighted by atomic mass is 10.2. The molecule has 23 heavy (non-hydrogen) atoms. The van der Waals surface area contributed by atoms with Crippen LogP contribution in [0.2, 0.25) is 18.6 Å². The topological polar surface area (TPSA) is 9.23 Å². The highest BCUT2D eigenvalue weighted by Gasteiger charge is 2.31. The van der Waals surface area contributed by atoms with Crippen molar-refractivity contribution >= 4 is 19.3 Å². The maximum atomic E-state index is 5.28. The van der Waals surface area contributed by atoms with Gasteiger partial charge in [-0.3, -0.25) is 0 Å². The summed E-state index contributed by atoms with van der Waals surface area (Å²) in [5, 5.41) is 1.45. The van der Waals surface area contributed by atoms with E-state index in [1.165, 1.54) is 10.8 Å². The molecule has 0 N–H and O–H groups in total. The van der Waals surface area contributed by atoms with E-state index in [0.29, 0.717) is 5.54 Å². The third-order valence-corrected chi connectivity index (χ3v) is 8.61. The summed E-state index contributed by atoms with van der Waals surface area (Å²) in [7, 11) is 0.0760. The summed E-state index contributed by atoms with van der Waals surface area (Å²) in [5.41, 5.74) is 1.77. The van der Waals surface area contributed by atoms with Gasteiger partial charge in [-0.05, 0) is 29.7 Å². The van der Waals surface area contributed by atoms with E-state index >= 15 is 0 Å². The van der Waals surface area contributed by atoms with E-state index in [-0.39, 0.29) is 0 Å². The van der Waals surface area contributed by atoms with Crippen LogP contribution in [0.25, 0.3) is 6.08 Å². The number of methoxy groups -OCH3 is 1. The molecule has 0 aliphatic carbocycles. The minimum absolute atomic E-state index is 0.522. The normalized spacial score (nSPS) is 13.0. The van der Waals surface area contributed by atoms with E-state index < -0.39 is 8.07 Å². The molecule has 2 aromatic carbocycles. The van der Waals surface area contributed by atoms with Gasteiger partial charge >= 0.3 is 0 Å². The average Bonchev–Trinajstić information content (AvgIpc) is 2.59. The molecule has 1 nitrogen and oxygen atoms in total. The van der Waals surface area contributed by atoms with Crippen molar-refractivity contribution in [3.63, 3.8) is 0 Å². The van der Waals surface area contributed by atoms with Crippen LogP contribution in [0.1, 0.15) is 12.0 Å². The van der Waals surface area contributed by atoms with Crippen LogP contribution in [0.5, 0.6) is 5.75 Å². The quantitative estimate of drug-likeness (QED) is 0.498. The molecule has 1 atom stereocenters. The molecule has 0 amide bonds. The SMILES string of the molecule is C=CCC(/C=C/c1ccccc1)[Si](C)(C)c1ccc(OC)cc1. The Morgan fingerprint density at radius 1 is 1.04 bits per heavy atom. The fraction of sp³-hybridized carbons (Fsp3) is 0.238. The van der Waals surface area contributed by atoms with E-state index in [1.807, 2.05) is 6.08 Å². The predicted octanol–water partition coefficient (Wildman–Crippen LogP) is 5.27. The summed E-state index contributed by atoms with van der Waals surface area (Å²) in [6.45, 7) is 8.82. The van der Waals surface area contributed by atoms with E-state index in [2.05, 4.69) is 86.4 Å². The highest BCUT2D eigenvalue weighted by atomic mass is 28.3. The second kappa shape index (κ2) is 7.98. The van der Waals surface area contributed by atoms with Crippen molar-refractivity contribution < 1.29 is 4.74 Å². The fourth-order valence-corrected chi connectivity index (χ4v) is 5.61. The lowest BCUT2D eigenvalue weighted by Gasteiger charge is -2.30. The smallest absolute Gasteiger partial charge is 0.118 e. The number of rotatable bonds is 7. The van der Waals surface area contributed by atoms with E-state index in [9.17, 15) is 0 Å². The van der Waals surface area contributed by atoms with E-state index in [0.717, 1.165) is 12.2 Å². The van der Waals surface area contributed by atoms with Gasteiger partial charge in [0.2, 0.25) is 0 Å². The third-order valence-electron chi connectivity index (χ3n) is 4.50. The molecule has 0 aromatic heterocycles. The molecule has 0 aliphatic heterocycles. The zero-order chi connectivity index (χ0) is 16.7. The van der Waals surface area contributed by atoms with Crippen molar-refractivity contribution in [1.29, 1.82) is 0 Å². The minimum Gasteiger partial charge on any atom is -0.497 e. The molecule has 2 heteroatoms. The third kappa shape index (κ3) is 4.46. The van der Waals surface area contributed by atoms with Crippen LogP contribution in [0.3, 0.4) is 0 Å². The Bertz CT molecular complexity index is 641. The Hall–Kier alpha value is -2.06. The standard InChI is InChI=1S/C21H26OSi/c1-5-9-20(15-12-18-10-7-6-8-11-18)23(3,4)21-16-13-19(22-2)14-17-21/h5-8,10-17,20H,1,9H2,2-4H3/b15-12+. The molecule has 0 radical (unpaired) electrons. The summed E-state index contributed by atoms with van der Waals surface area (Å²) >= 11 is 0. The Morgan fingerprint density at radius 3 is 2.26 bits per heavy atom. The van der Waals surface area contributed by atoms with Crippen molar-refractivity contribution in [3.05, 3.63) is 78.9 Å². The Labute approximate surface area is 141 Å². The number of ether oxygens (including phenoxy) is 1. The Kier molecular flexibility index (Phi) is 6.00. The number of hydrogen-bond acceptors (Lipinski definition) is 1. The lowest BCUT2D eigenvalue weighted by molar-refractivity contribution is 0.415. The number of benzene rings is 2. The summed E-state index contributed by atoms with van der Waals surface area (Å²) in [4.78, 5) is 0. The maximum Gasteiger partial charge on any atom is 0.118 e. The minimum atomic E-state index is -1.63. The summed E-state index contributed by atoms with van der Waals surface area (Å²) in [5.74, 6) is 0.915. The van der Waals surface area contributed by atoms with E-state index in [1.54, 1.807) is 7.11 Å². The van der Waals surface area contributed by atoms with Gasteiger partial charge in [0.1, 0.15) is 5.75 Å². The average molecular weight is 323 g/mol. The molecule has 0 heterocycles. The summed E-state index contributed by atoms with van der Waals surface area (Å²) < 4.78 is 5.28. The highest BCUT2D eigenvalue weighted by Crippen LogP contribution is 2.29. The van der Waals surface area contributed by atoms with Crippen molar-refractivity contribution in [2.75, 3.05) is 7.11 Å². The molecule has 2 rings (SSSR count). The van der Waals surface area contributed by atoms with Crippen molar-refractivity contribution in [1.82, 2.24) is 0 Å². The molecule has 120 valence electrons. The summed E-state index contributed by atoms with van der Waals surface area (Å²) in [6, 6.07) is 19.1. The van der Waals surface area contributed by atoms with Crippen LogP contribution in [0, 0.1) is 0 Å². The van der Waals surface area contributed by atoms with Gasteiger partial charge in [0.25, 0.3) is 0 Å². The molecular weight excluding hydrogens is 296 g/mol. The molecule has 0 aliphatic rings. The van der Waals surface area contributed by atoms with Crippen LogP contribution in [-0.2, 0) is 0 Å². The zero-order valence-corrected chi connectivity index (χ0v) is 15.3. The molecule has 0 saturated heterocycles. The van der Waals surface area contributed by atoms with Crippen molar-refractivity contribution in [3.8, 4) is 5.75 Å². The number of allylic oxidation sites excluding steroid dienone is 2. The fourth-order valence-electron chi connectivity index (χ4n) is 2.82. The molecular formula is C21H26OSi. The van der Waals surface area contributed by atoms with Gasteiger partial charge in [-0.15, -0.1) is 6.58 Å². The molecule has 0 bridgehead atoms. The maximum absolute atomic E-state index is 5.28. The second-order valence-electron chi connectivity index (χ2n) is 6.35. The van der Waals surface area contributed by atoms with Crippen LogP contribution < -0.4 is 9.92 Å². The first-order chi connectivity index (χ1) is 11.1. The largest absolute Gasteiger partial charge is 0.497 e. The van der Waals surface area contributed by atoms with Gasteiger partial charge < -0.3 is 4.74 Å². The van der Waals surface area contributed by atoms with Crippen LogP contribution in [0.15, 0.2) is 73.3 Å². The van der Waals surface area contributed by atoms with E-state index in [4.69, 9.17) is 4.74 Å². The van der Waals surface area contributed by atoms with Gasteiger partial charge in [-0.1, -0.05) is 79.0 Å². The van der Waals surface area contributed by atoms with Crippen molar-refractivity contribution in [2.45, 2.75) is 25.1 Å². The first kappa shape index (κ1) is 17.3. The van der Waals surface area contributed by atoms with Gasteiger partial charge in [0.15, 0.2) is 0 Å². The molecule has 0 fully saturated rings. The van der Waals surface area contributed by atoms with Gasteiger partial charge in [0, 0.05) is 0 Å². The van der Waals surface area contributed by atoms with Crippen LogP contribution in [0.4, 0.5) is 0 Å². The van der Waals surface area contributed by atoms with Crippen LogP contribution >= 0.6 is 0 Å². The number of hydrogen-bond donors (Lipinski definition) is 0. The second-order valence-corrected chi connectivity index (χ2v) is 11.1. The zero-order valence-electron chi connectivity index (χ0n) is 14.3. The van der Waals surface area contributed by atoms with Gasteiger partial charge in [-0.2, -0.15) is 0 Å². The van der Waals surface area contributed by atoms with Gasteiger partial charge in [0.05, 0.1) is 15.2 Å². The van der Waals surface area contributed by atoms with Crippen LogP contribution in [-0.4, -0.2) is 15.2 Å². The molecule has 0 saturated carbocycles. The van der Waals surface area contributed by atoms with Gasteiger partial charge in [-0.25, -0.2) is 0 Å². The Balaban J connectivity index is 2.26. The highest BCUT2D eigenvalue weighted by molar-refractivity contribution is 6.91.